The van der Waals surface area contributed by atoms with Crippen molar-refractivity contribution in [2.75, 3.05) is 5.52 Å². The first-order valence-corrected chi connectivity index (χ1v) is 4.95. The topological polar surface area (TPSA) is 26.3 Å². The van der Waals surface area contributed by atoms with E-state index in [0.717, 1.165) is 6.42 Å². The third-order valence-electron chi connectivity index (χ3n) is 0.811. The average Bonchev–Trinajstić information content (AvgIpc) is 1.87. The molecule has 0 aromatic carbocycles. The van der Waals surface area contributed by atoms with Gasteiger partial charge in [0.15, 0.2) is 0 Å². The zero-order valence-corrected chi connectivity index (χ0v) is 8.81. The Kier molecular flexibility index (Phi) is 5.88. The lowest BCUT2D eigenvalue weighted by Crippen LogP contribution is -2.15. The Morgan fingerprint density at radius 2 is 2.44 bits per heavy atom. The van der Waals surface area contributed by atoms with Crippen LogP contribution in [0.2, 0.25) is 0 Å². The van der Waals surface area contributed by atoms with Crippen LogP contribution in [0.25, 0.3) is 0 Å². The van der Waals surface area contributed by atoms with E-state index < -0.39 is 0 Å². The predicted molar refractivity (Wildman–Crippen MR) is 48.0 cm³/mol. The van der Waals surface area contributed by atoms with Crippen LogP contribution >= 0.6 is 38.5 Å². The van der Waals surface area contributed by atoms with Crippen LogP contribution in [0.1, 0.15) is 13.3 Å². The van der Waals surface area contributed by atoms with E-state index in [-0.39, 0.29) is 9.89 Å². The van der Waals surface area contributed by atoms with Gasteiger partial charge in [0.25, 0.3) is 0 Å². The van der Waals surface area contributed by atoms with Crippen LogP contribution in [0.5, 0.6) is 0 Å². The maximum Gasteiger partial charge on any atom is 0.319 e. The summed E-state index contributed by atoms with van der Waals surface area (Å²) in [5, 5.41) is 0. The fourth-order valence-corrected chi connectivity index (χ4v) is 0.716. The smallest absolute Gasteiger partial charge is 0.319 e. The monoisotopic (exact) mass is 306 g/mol. The molecule has 0 aromatic rings. The summed E-state index contributed by atoms with van der Waals surface area (Å²) in [6.45, 7) is 1.95. The van der Waals surface area contributed by atoms with Gasteiger partial charge < -0.3 is 4.74 Å². The Balaban J connectivity index is 3.46. The number of rotatable bonds is 3. The number of alkyl halides is 2. The number of hydrogen-bond donors (Lipinski definition) is 0. The summed E-state index contributed by atoms with van der Waals surface area (Å²) in [4.78, 5) is 10.7. The van der Waals surface area contributed by atoms with E-state index in [0.29, 0.717) is 5.52 Å². The van der Waals surface area contributed by atoms with Gasteiger partial charge in [-0.3, -0.25) is 4.79 Å². The highest BCUT2D eigenvalue weighted by molar-refractivity contribution is 14.1. The fourth-order valence-electron chi connectivity index (χ4n) is 0.311. The Morgan fingerprint density at radius 1 is 1.89 bits per heavy atom. The number of carbonyl (C=O) groups excluding carboxylic acids is 1. The van der Waals surface area contributed by atoms with Crippen molar-refractivity contribution in [3.8, 4) is 0 Å². The van der Waals surface area contributed by atoms with Crippen molar-refractivity contribution in [3.63, 3.8) is 0 Å². The summed E-state index contributed by atoms with van der Waals surface area (Å²) in [7, 11) is 0. The van der Waals surface area contributed by atoms with Gasteiger partial charge in [0.05, 0.1) is 0 Å². The Bertz CT molecular complexity index is 97.0. The normalized spacial score (nSPS) is 12.8. The van der Waals surface area contributed by atoms with Crippen LogP contribution in [-0.4, -0.2) is 15.4 Å². The summed E-state index contributed by atoms with van der Waals surface area (Å²) in [6.07, 6.45) is 0.826. The van der Waals surface area contributed by atoms with E-state index in [1.807, 2.05) is 6.92 Å². The molecule has 1 unspecified atom stereocenters. The molecule has 0 rings (SSSR count). The number of halogens is 2. The number of carbonyl (C=O) groups is 1. The highest BCUT2D eigenvalue weighted by Crippen LogP contribution is 2.07. The van der Waals surface area contributed by atoms with Crippen LogP contribution < -0.4 is 0 Å². The second-order valence-electron chi connectivity index (χ2n) is 1.45. The van der Waals surface area contributed by atoms with Gasteiger partial charge in [-0.1, -0.05) is 29.5 Å². The molecular formula is C5H8BrIO2. The number of hydrogen-bond acceptors (Lipinski definition) is 2. The van der Waals surface area contributed by atoms with E-state index in [1.54, 1.807) is 0 Å². The minimum atomic E-state index is -0.144. The molecule has 0 heterocycles. The molecule has 4 heteroatoms. The highest BCUT2D eigenvalue weighted by Gasteiger charge is 2.11. The Labute approximate surface area is 76.6 Å². The first kappa shape index (κ1) is 9.68. The summed E-state index contributed by atoms with van der Waals surface area (Å²) in [6, 6.07) is 0. The van der Waals surface area contributed by atoms with Crippen molar-refractivity contribution >= 4 is 44.5 Å². The molecule has 0 aliphatic carbocycles. The van der Waals surface area contributed by atoms with Crippen LogP contribution in [0.15, 0.2) is 0 Å². The predicted octanol–water partition coefficient (Wildman–Crippen LogP) is 2.10. The van der Waals surface area contributed by atoms with Gasteiger partial charge >= 0.3 is 5.97 Å². The van der Waals surface area contributed by atoms with Gasteiger partial charge in [-0.15, -0.1) is 0 Å². The summed E-state index contributed by atoms with van der Waals surface area (Å²) in [5.41, 5.74) is 0.297. The molecule has 0 saturated carbocycles. The lowest BCUT2D eigenvalue weighted by Gasteiger charge is -2.03. The largest absolute Gasteiger partial charge is 0.453 e. The third kappa shape index (κ3) is 4.13. The van der Waals surface area contributed by atoms with Crippen molar-refractivity contribution in [1.29, 1.82) is 0 Å². The molecule has 0 aromatic heterocycles. The van der Waals surface area contributed by atoms with Gasteiger partial charge in [0, 0.05) is 0 Å². The third-order valence-corrected chi connectivity index (χ3v) is 2.43. The van der Waals surface area contributed by atoms with E-state index in [2.05, 4.69) is 43.3 Å². The number of ether oxygens (including phenoxy) is 1. The van der Waals surface area contributed by atoms with E-state index >= 15 is 0 Å². The van der Waals surface area contributed by atoms with Crippen LogP contribution in [0.3, 0.4) is 0 Å². The first-order chi connectivity index (χ1) is 4.22. The molecular weight excluding hydrogens is 299 g/mol. The first-order valence-electron chi connectivity index (χ1n) is 2.59. The highest BCUT2D eigenvalue weighted by atomic mass is 127. The Morgan fingerprint density at radius 3 is 2.78 bits per heavy atom. The zero-order valence-electron chi connectivity index (χ0n) is 5.06. The maximum atomic E-state index is 10.7. The average molecular weight is 307 g/mol. The Hall–Kier alpha value is 0.680. The SMILES string of the molecule is CCC(I)C(=O)OCBr. The molecule has 0 spiro atoms. The van der Waals surface area contributed by atoms with E-state index in [9.17, 15) is 4.79 Å². The van der Waals surface area contributed by atoms with Crippen LogP contribution in [0.4, 0.5) is 0 Å². The number of esters is 1. The van der Waals surface area contributed by atoms with E-state index in [1.165, 1.54) is 0 Å². The van der Waals surface area contributed by atoms with Crippen molar-refractivity contribution in [2.45, 2.75) is 17.3 Å². The van der Waals surface area contributed by atoms with E-state index in [4.69, 9.17) is 0 Å². The second-order valence-corrected chi connectivity index (χ2v) is 3.41. The summed E-state index contributed by atoms with van der Waals surface area (Å²) < 4.78 is 4.66. The standard InChI is InChI=1S/C5H8BrIO2/c1-2-4(7)5(8)9-3-6/h4H,2-3H2,1H3. The molecule has 0 aliphatic rings. The molecule has 0 amide bonds. The molecule has 9 heavy (non-hydrogen) atoms. The van der Waals surface area contributed by atoms with Crippen molar-refractivity contribution in [2.24, 2.45) is 0 Å². The zero-order chi connectivity index (χ0) is 7.28. The molecule has 0 N–H and O–H groups in total. The molecule has 0 fully saturated rings. The van der Waals surface area contributed by atoms with Gasteiger partial charge in [-0.25, -0.2) is 0 Å². The van der Waals surface area contributed by atoms with Gasteiger partial charge in [0.1, 0.15) is 9.44 Å². The van der Waals surface area contributed by atoms with Crippen molar-refractivity contribution < 1.29 is 9.53 Å². The molecule has 0 bridgehead atoms. The molecule has 0 radical (unpaired) electrons. The van der Waals surface area contributed by atoms with Crippen molar-refractivity contribution in [3.05, 3.63) is 0 Å². The quantitative estimate of drug-likeness (QED) is 0.453. The molecule has 0 saturated heterocycles. The van der Waals surface area contributed by atoms with Gasteiger partial charge in [-0.05, 0) is 22.4 Å². The van der Waals surface area contributed by atoms with Gasteiger partial charge in [0.2, 0.25) is 0 Å². The fraction of sp³-hybridized carbons (Fsp3) is 0.800. The molecule has 54 valence electrons. The van der Waals surface area contributed by atoms with Crippen LogP contribution in [-0.2, 0) is 9.53 Å². The molecule has 0 aliphatic heterocycles. The van der Waals surface area contributed by atoms with Crippen molar-refractivity contribution in [1.82, 2.24) is 0 Å². The minimum Gasteiger partial charge on any atom is -0.453 e. The summed E-state index contributed by atoms with van der Waals surface area (Å²) >= 11 is 5.06. The molecule has 2 nitrogen and oxygen atoms in total. The second kappa shape index (κ2) is 5.46. The summed E-state index contributed by atoms with van der Waals surface area (Å²) in [5.74, 6) is -0.144. The van der Waals surface area contributed by atoms with Crippen LogP contribution in [0, 0.1) is 0 Å². The lowest BCUT2D eigenvalue weighted by molar-refractivity contribution is -0.140. The van der Waals surface area contributed by atoms with Gasteiger partial charge in [-0.2, -0.15) is 0 Å². The molecule has 1 atom stereocenters. The lowest BCUT2D eigenvalue weighted by atomic mass is 10.3. The minimum absolute atomic E-state index is 0.000139. The maximum absolute atomic E-state index is 10.7.